The van der Waals surface area contributed by atoms with Crippen LogP contribution in [-0.4, -0.2) is 18.7 Å². The maximum Gasteiger partial charge on any atom is 0.140 e. The van der Waals surface area contributed by atoms with E-state index in [0.717, 1.165) is 35.2 Å². The number of hydrogen-bond donors (Lipinski definition) is 1. The lowest BCUT2D eigenvalue weighted by Crippen LogP contribution is -2.36. The van der Waals surface area contributed by atoms with Crippen LogP contribution in [0.2, 0.25) is 5.02 Å². The predicted octanol–water partition coefficient (Wildman–Crippen LogP) is 4.96. The van der Waals surface area contributed by atoms with Crippen LogP contribution < -0.4 is 10.1 Å². The van der Waals surface area contributed by atoms with Gasteiger partial charge in [-0.2, -0.15) is 0 Å². The molecule has 1 aromatic rings. The van der Waals surface area contributed by atoms with Crippen molar-refractivity contribution in [1.29, 1.82) is 0 Å². The number of halogens is 2. The maximum atomic E-state index is 6.17. The van der Waals surface area contributed by atoms with Gasteiger partial charge in [-0.3, -0.25) is 0 Å². The highest BCUT2D eigenvalue weighted by Gasteiger charge is 2.08. The molecule has 0 bridgehead atoms. The summed E-state index contributed by atoms with van der Waals surface area (Å²) in [5.41, 5.74) is 1.25. The number of rotatable bonds is 6. The molecule has 0 spiro atoms. The van der Waals surface area contributed by atoms with Crippen molar-refractivity contribution >= 4 is 27.5 Å². The fourth-order valence-corrected chi connectivity index (χ4v) is 2.76. The predicted molar refractivity (Wildman–Crippen MR) is 86.4 cm³/mol. The number of benzene rings is 1. The SMILES string of the molecule is Cc1cc(Br)cc(Cl)c1OCCCCNC(C)(C)C. The fraction of sp³-hybridized carbons (Fsp3) is 0.600. The van der Waals surface area contributed by atoms with E-state index in [1.54, 1.807) is 0 Å². The Morgan fingerprint density at radius 3 is 2.53 bits per heavy atom. The van der Waals surface area contributed by atoms with Crippen molar-refractivity contribution in [2.75, 3.05) is 13.2 Å². The highest BCUT2D eigenvalue weighted by Crippen LogP contribution is 2.32. The van der Waals surface area contributed by atoms with E-state index in [9.17, 15) is 0 Å². The standard InChI is InChI=1S/C15H23BrClNO/c1-11-9-12(16)10-13(17)14(11)19-8-6-5-7-18-15(2,3)4/h9-10,18H,5-8H2,1-4H3. The summed E-state index contributed by atoms with van der Waals surface area (Å²) in [5.74, 6) is 0.800. The van der Waals surface area contributed by atoms with Gasteiger partial charge in [0.2, 0.25) is 0 Å². The molecule has 0 saturated heterocycles. The third-order valence-electron chi connectivity index (χ3n) is 2.67. The second-order valence-corrected chi connectivity index (χ2v) is 7.09. The molecular weight excluding hydrogens is 326 g/mol. The van der Waals surface area contributed by atoms with Gasteiger partial charge in [0.15, 0.2) is 0 Å². The lowest BCUT2D eigenvalue weighted by atomic mass is 10.1. The molecule has 0 aliphatic heterocycles. The minimum atomic E-state index is 0.187. The Kier molecular flexibility index (Phi) is 6.64. The Hall–Kier alpha value is -0.250. The molecule has 0 aliphatic rings. The maximum absolute atomic E-state index is 6.17. The lowest BCUT2D eigenvalue weighted by Gasteiger charge is -2.20. The molecule has 1 aromatic carbocycles. The fourth-order valence-electron chi connectivity index (χ4n) is 1.74. The Morgan fingerprint density at radius 2 is 1.95 bits per heavy atom. The zero-order valence-electron chi connectivity index (χ0n) is 12.1. The molecular formula is C15H23BrClNO. The highest BCUT2D eigenvalue weighted by atomic mass is 79.9. The van der Waals surface area contributed by atoms with Gasteiger partial charge < -0.3 is 10.1 Å². The van der Waals surface area contributed by atoms with E-state index < -0.39 is 0 Å². The quantitative estimate of drug-likeness (QED) is 0.734. The van der Waals surface area contributed by atoms with Crippen molar-refractivity contribution in [2.24, 2.45) is 0 Å². The molecule has 19 heavy (non-hydrogen) atoms. The van der Waals surface area contributed by atoms with E-state index in [2.05, 4.69) is 42.0 Å². The van der Waals surface area contributed by atoms with Crippen molar-refractivity contribution in [3.63, 3.8) is 0 Å². The average Bonchev–Trinajstić information content (AvgIpc) is 2.24. The Morgan fingerprint density at radius 1 is 1.26 bits per heavy atom. The van der Waals surface area contributed by atoms with Gasteiger partial charge in [-0.1, -0.05) is 27.5 Å². The van der Waals surface area contributed by atoms with Crippen LogP contribution in [0.3, 0.4) is 0 Å². The summed E-state index contributed by atoms with van der Waals surface area (Å²) in [7, 11) is 0. The van der Waals surface area contributed by atoms with Crippen molar-refractivity contribution in [1.82, 2.24) is 5.32 Å². The van der Waals surface area contributed by atoms with Crippen molar-refractivity contribution < 1.29 is 4.74 Å². The molecule has 2 nitrogen and oxygen atoms in total. The van der Waals surface area contributed by atoms with E-state index in [1.807, 2.05) is 19.1 Å². The third-order valence-corrected chi connectivity index (χ3v) is 3.41. The summed E-state index contributed by atoms with van der Waals surface area (Å²) >= 11 is 9.59. The zero-order chi connectivity index (χ0) is 14.5. The van der Waals surface area contributed by atoms with E-state index in [0.29, 0.717) is 11.6 Å². The van der Waals surface area contributed by atoms with Gasteiger partial charge in [-0.25, -0.2) is 0 Å². The van der Waals surface area contributed by atoms with Crippen molar-refractivity contribution in [3.05, 3.63) is 27.2 Å². The second-order valence-electron chi connectivity index (χ2n) is 5.77. The van der Waals surface area contributed by atoms with Crippen LogP contribution in [0.5, 0.6) is 5.75 Å². The molecule has 0 radical (unpaired) electrons. The van der Waals surface area contributed by atoms with Gasteiger partial charge in [0.1, 0.15) is 5.75 Å². The van der Waals surface area contributed by atoms with E-state index in [1.165, 1.54) is 0 Å². The zero-order valence-corrected chi connectivity index (χ0v) is 14.5. The summed E-state index contributed by atoms with van der Waals surface area (Å²) in [5, 5.41) is 4.13. The van der Waals surface area contributed by atoms with Crippen LogP contribution in [0.15, 0.2) is 16.6 Å². The number of aryl methyl sites for hydroxylation is 1. The Labute approximate surface area is 130 Å². The van der Waals surface area contributed by atoms with Gasteiger partial charge in [-0.05, 0) is 64.8 Å². The van der Waals surface area contributed by atoms with Crippen LogP contribution in [-0.2, 0) is 0 Å². The van der Waals surface area contributed by atoms with E-state index in [-0.39, 0.29) is 5.54 Å². The van der Waals surface area contributed by atoms with Crippen molar-refractivity contribution in [2.45, 2.75) is 46.1 Å². The third kappa shape index (κ3) is 6.64. The molecule has 0 unspecified atom stereocenters. The summed E-state index contributed by atoms with van der Waals surface area (Å²) in [6.07, 6.45) is 2.12. The van der Waals surface area contributed by atoms with Crippen LogP contribution >= 0.6 is 27.5 Å². The molecule has 0 atom stereocenters. The minimum absolute atomic E-state index is 0.187. The molecule has 0 aliphatic carbocycles. The molecule has 0 heterocycles. The van der Waals surface area contributed by atoms with E-state index >= 15 is 0 Å². The highest BCUT2D eigenvalue weighted by molar-refractivity contribution is 9.10. The summed E-state index contributed by atoms with van der Waals surface area (Å²) in [6, 6.07) is 3.88. The molecule has 1 rings (SSSR count). The first-order chi connectivity index (χ1) is 8.79. The topological polar surface area (TPSA) is 21.3 Å². The molecule has 4 heteroatoms. The molecule has 0 aromatic heterocycles. The molecule has 0 saturated carbocycles. The first kappa shape index (κ1) is 16.8. The van der Waals surface area contributed by atoms with Gasteiger partial charge in [0.25, 0.3) is 0 Å². The van der Waals surface area contributed by atoms with Gasteiger partial charge in [0, 0.05) is 10.0 Å². The van der Waals surface area contributed by atoms with Gasteiger partial charge in [0.05, 0.1) is 11.6 Å². The molecule has 0 fully saturated rings. The van der Waals surface area contributed by atoms with Crippen LogP contribution in [0.25, 0.3) is 0 Å². The molecule has 0 amide bonds. The summed E-state index contributed by atoms with van der Waals surface area (Å²) in [6.45, 7) is 10.2. The normalized spacial score (nSPS) is 11.7. The monoisotopic (exact) mass is 347 g/mol. The average molecular weight is 349 g/mol. The first-order valence-electron chi connectivity index (χ1n) is 6.63. The number of unbranched alkanes of at least 4 members (excludes halogenated alkanes) is 1. The smallest absolute Gasteiger partial charge is 0.140 e. The lowest BCUT2D eigenvalue weighted by molar-refractivity contribution is 0.300. The number of nitrogens with one attached hydrogen (secondary N) is 1. The van der Waals surface area contributed by atoms with Gasteiger partial charge in [-0.15, -0.1) is 0 Å². The largest absolute Gasteiger partial charge is 0.492 e. The number of ether oxygens (including phenoxy) is 1. The van der Waals surface area contributed by atoms with Crippen LogP contribution in [0.4, 0.5) is 0 Å². The Balaban J connectivity index is 2.30. The molecule has 108 valence electrons. The second kappa shape index (κ2) is 7.51. The first-order valence-corrected chi connectivity index (χ1v) is 7.80. The summed E-state index contributed by atoms with van der Waals surface area (Å²) < 4.78 is 6.76. The number of hydrogen-bond acceptors (Lipinski definition) is 2. The molecule has 1 N–H and O–H groups in total. The van der Waals surface area contributed by atoms with Crippen molar-refractivity contribution in [3.8, 4) is 5.75 Å². The van der Waals surface area contributed by atoms with Crippen LogP contribution in [0, 0.1) is 6.92 Å². The minimum Gasteiger partial charge on any atom is -0.492 e. The van der Waals surface area contributed by atoms with E-state index in [4.69, 9.17) is 16.3 Å². The van der Waals surface area contributed by atoms with Crippen LogP contribution in [0.1, 0.15) is 39.2 Å². The summed E-state index contributed by atoms with van der Waals surface area (Å²) in [4.78, 5) is 0. The van der Waals surface area contributed by atoms with Gasteiger partial charge >= 0.3 is 0 Å². The Bertz CT molecular complexity index is 392.